The molecule has 0 rings (SSSR count). The molecule has 0 saturated carbocycles. The number of unbranched alkanes of at least 4 members (excludes halogenated alkanes) is 1. The predicted molar refractivity (Wildman–Crippen MR) is 71.0 cm³/mol. The van der Waals surface area contributed by atoms with Gasteiger partial charge in [0.25, 0.3) is 0 Å². The Kier molecular flexibility index (Phi) is 9.12. The van der Waals surface area contributed by atoms with E-state index in [1.54, 1.807) is 13.0 Å². The van der Waals surface area contributed by atoms with Gasteiger partial charge in [-0.05, 0) is 26.2 Å². The molecule has 0 unspecified atom stereocenters. The maximum Gasteiger partial charge on any atom is 0.306 e. The molecular weight excluding hydrogens is 248 g/mol. The molecule has 0 heterocycles. The highest BCUT2D eigenvalue weighted by atomic mass is 16.5. The first-order chi connectivity index (χ1) is 9.01. The summed E-state index contributed by atoms with van der Waals surface area (Å²) in [5, 5.41) is 2.52. The van der Waals surface area contributed by atoms with Gasteiger partial charge in [-0.3, -0.25) is 14.4 Å². The van der Waals surface area contributed by atoms with Crippen LogP contribution in [0, 0.1) is 0 Å². The molecule has 108 valence electrons. The number of primary amides is 1. The second-order valence-corrected chi connectivity index (χ2v) is 4.05. The van der Waals surface area contributed by atoms with Gasteiger partial charge in [-0.15, -0.1) is 6.58 Å². The van der Waals surface area contributed by atoms with Gasteiger partial charge in [0.05, 0.1) is 13.0 Å². The predicted octanol–water partition coefficient (Wildman–Crippen LogP) is 0.656. The van der Waals surface area contributed by atoms with E-state index < -0.39 is 17.9 Å². The number of carbonyl (C=O) groups is 3. The third-order valence-electron chi connectivity index (χ3n) is 2.44. The number of ether oxygens (including phenoxy) is 1. The van der Waals surface area contributed by atoms with Crippen molar-refractivity contribution < 1.29 is 19.1 Å². The highest BCUT2D eigenvalue weighted by Crippen LogP contribution is 2.02. The van der Waals surface area contributed by atoms with Crippen LogP contribution in [0.4, 0.5) is 0 Å². The third-order valence-corrected chi connectivity index (χ3v) is 2.44. The monoisotopic (exact) mass is 270 g/mol. The van der Waals surface area contributed by atoms with E-state index in [0.29, 0.717) is 6.42 Å². The number of nitrogens with two attached hydrogens (primary N) is 1. The topological polar surface area (TPSA) is 98.5 Å². The summed E-state index contributed by atoms with van der Waals surface area (Å²) in [6.07, 6.45) is 3.66. The number of rotatable bonds is 10. The Morgan fingerprint density at radius 2 is 2.05 bits per heavy atom. The van der Waals surface area contributed by atoms with Crippen LogP contribution in [0.15, 0.2) is 12.7 Å². The first-order valence-corrected chi connectivity index (χ1v) is 6.36. The first-order valence-electron chi connectivity index (χ1n) is 6.36. The second kappa shape index (κ2) is 10.1. The molecule has 19 heavy (non-hydrogen) atoms. The zero-order valence-electron chi connectivity index (χ0n) is 11.3. The van der Waals surface area contributed by atoms with E-state index in [1.807, 2.05) is 0 Å². The fraction of sp³-hybridized carbons (Fsp3) is 0.615. The lowest BCUT2D eigenvalue weighted by atomic mass is 10.1. The summed E-state index contributed by atoms with van der Waals surface area (Å²) in [7, 11) is 0. The molecule has 1 atom stereocenters. The van der Waals surface area contributed by atoms with E-state index in [0.717, 1.165) is 12.8 Å². The Morgan fingerprint density at radius 3 is 2.58 bits per heavy atom. The van der Waals surface area contributed by atoms with E-state index in [1.165, 1.54) is 0 Å². The summed E-state index contributed by atoms with van der Waals surface area (Å²) in [6, 6.07) is -0.699. The number of allylic oxidation sites excluding steroid dienone is 1. The summed E-state index contributed by atoms with van der Waals surface area (Å²) in [4.78, 5) is 33.8. The van der Waals surface area contributed by atoms with Crippen LogP contribution in [-0.2, 0) is 19.1 Å². The molecule has 6 heteroatoms. The van der Waals surface area contributed by atoms with Crippen molar-refractivity contribution in [2.24, 2.45) is 5.73 Å². The van der Waals surface area contributed by atoms with Crippen LogP contribution in [0.2, 0.25) is 0 Å². The molecule has 0 aromatic rings. The van der Waals surface area contributed by atoms with Crippen LogP contribution in [0.25, 0.3) is 0 Å². The minimum Gasteiger partial charge on any atom is -0.466 e. The van der Waals surface area contributed by atoms with Gasteiger partial charge in [0.15, 0.2) is 0 Å². The van der Waals surface area contributed by atoms with Gasteiger partial charge in [-0.1, -0.05) is 6.08 Å². The second-order valence-electron chi connectivity index (χ2n) is 4.05. The molecule has 0 spiro atoms. The number of carbonyl (C=O) groups excluding carboxylic acids is 3. The fourth-order valence-corrected chi connectivity index (χ4v) is 1.47. The van der Waals surface area contributed by atoms with Crippen molar-refractivity contribution in [3.63, 3.8) is 0 Å². The quantitative estimate of drug-likeness (QED) is 0.346. The maximum atomic E-state index is 11.6. The molecule has 0 fully saturated rings. The van der Waals surface area contributed by atoms with E-state index >= 15 is 0 Å². The number of hydrogen-bond acceptors (Lipinski definition) is 4. The van der Waals surface area contributed by atoms with Gasteiger partial charge in [0.1, 0.15) is 6.04 Å². The average molecular weight is 270 g/mol. The molecule has 3 N–H and O–H groups in total. The van der Waals surface area contributed by atoms with Crippen molar-refractivity contribution >= 4 is 17.8 Å². The van der Waals surface area contributed by atoms with Crippen molar-refractivity contribution in [3.8, 4) is 0 Å². The summed E-state index contributed by atoms with van der Waals surface area (Å²) >= 11 is 0. The van der Waals surface area contributed by atoms with E-state index in [-0.39, 0.29) is 25.4 Å². The molecule has 0 aromatic heterocycles. The molecule has 0 radical (unpaired) electrons. The van der Waals surface area contributed by atoms with E-state index in [9.17, 15) is 14.4 Å². The Morgan fingerprint density at radius 1 is 1.37 bits per heavy atom. The Bertz CT molecular complexity index is 329. The summed E-state index contributed by atoms with van der Waals surface area (Å²) < 4.78 is 4.70. The summed E-state index contributed by atoms with van der Waals surface area (Å²) in [5.41, 5.74) is 5.20. The first kappa shape index (κ1) is 17.2. The molecule has 6 nitrogen and oxygen atoms in total. The number of nitrogens with one attached hydrogen (secondary N) is 1. The van der Waals surface area contributed by atoms with E-state index in [2.05, 4.69) is 11.9 Å². The standard InChI is InChI=1S/C13H22N2O4/c1-3-5-6-7-10(13(14)18)15-11(16)8-9-12(17)19-4-2/h3,10H,1,4-9H2,2H3,(H2,14,18)(H,15,16)/t10-/m0/s1. The van der Waals surface area contributed by atoms with Gasteiger partial charge < -0.3 is 15.8 Å². The lowest BCUT2D eigenvalue weighted by Crippen LogP contribution is -2.44. The van der Waals surface area contributed by atoms with Crippen molar-refractivity contribution in [2.45, 2.75) is 45.1 Å². The SMILES string of the molecule is C=CCCC[C@H](NC(=O)CCC(=O)OCC)C(N)=O. The van der Waals surface area contributed by atoms with E-state index in [4.69, 9.17) is 10.5 Å². The van der Waals surface area contributed by atoms with Crippen molar-refractivity contribution in [2.75, 3.05) is 6.61 Å². The van der Waals surface area contributed by atoms with Crippen LogP contribution < -0.4 is 11.1 Å². The highest BCUT2D eigenvalue weighted by Gasteiger charge is 2.17. The number of amides is 2. The molecule has 0 saturated heterocycles. The lowest BCUT2D eigenvalue weighted by molar-refractivity contribution is -0.144. The molecule has 0 aromatic carbocycles. The van der Waals surface area contributed by atoms with Crippen LogP contribution in [0.1, 0.15) is 39.0 Å². The smallest absolute Gasteiger partial charge is 0.306 e. The highest BCUT2D eigenvalue weighted by molar-refractivity contribution is 5.87. The van der Waals surface area contributed by atoms with Crippen molar-refractivity contribution in [3.05, 3.63) is 12.7 Å². The molecule has 0 aliphatic carbocycles. The Labute approximate surface area is 113 Å². The van der Waals surface area contributed by atoms with Crippen molar-refractivity contribution in [1.29, 1.82) is 0 Å². The molecule has 0 aliphatic heterocycles. The zero-order valence-corrected chi connectivity index (χ0v) is 11.3. The van der Waals surface area contributed by atoms with Crippen LogP contribution in [0.3, 0.4) is 0 Å². The zero-order chi connectivity index (χ0) is 14.7. The van der Waals surface area contributed by atoms with Gasteiger partial charge in [-0.2, -0.15) is 0 Å². The van der Waals surface area contributed by atoms with Crippen LogP contribution in [0.5, 0.6) is 0 Å². The van der Waals surface area contributed by atoms with Crippen LogP contribution >= 0.6 is 0 Å². The van der Waals surface area contributed by atoms with Gasteiger partial charge >= 0.3 is 5.97 Å². The molecule has 2 amide bonds. The lowest BCUT2D eigenvalue weighted by Gasteiger charge is -2.14. The molecule has 0 bridgehead atoms. The van der Waals surface area contributed by atoms with Gasteiger partial charge in [-0.25, -0.2) is 0 Å². The number of esters is 1. The number of hydrogen-bond donors (Lipinski definition) is 2. The largest absolute Gasteiger partial charge is 0.466 e. The molecule has 0 aliphatic rings. The normalized spacial score (nSPS) is 11.4. The van der Waals surface area contributed by atoms with Crippen LogP contribution in [-0.4, -0.2) is 30.4 Å². The van der Waals surface area contributed by atoms with Crippen molar-refractivity contribution in [1.82, 2.24) is 5.32 Å². The maximum absolute atomic E-state index is 11.6. The Balaban J connectivity index is 4.06. The fourth-order valence-electron chi connectivity index (χ4n) is 1.47. The van der Waals surface area contributed by atoms with Gasteiger partial charge in [0, 0.05) is 6.42 Å². The average Bonchev–Trinajstić information content (AvgIpc) is 2.35. The Hall–Kier alpha value is -1.85. The molecular formula is C13H22N2O4. The summed E-state index contributed by atoms with van der Waals surface area (Å²) in [6.45, 7) is 5.55. The third kappa shape index (κ3) is 8.82. The summed E-state index contributed by atoms with van der Waals surface area (Å²) in [5.74, 6) is -1.39. The minimum atomic E-state index is -0.699. The minimum absolute atomic E-state index is 0.00217. The van der Waals surface area contributed by atoms with Gasteiger partial charge in [0.2, 0.25) is 11.8 Å².